The zero-order valence-electron chi connectivity index (χ0n) is 38.2. The van der Waals surface area contributed by atoms with Crippen LogP contribution in [0.5, 0.6) is 0 Å². The summed E-state index contributed by atoms with van der Waals surface area (Å²) in [4.78, 5) is 35.0. The van der Waals surface area contributed by atoms with Gasteiger partial charge in [-0.25, -0.2) is 4.57 Å². The Hall–Kier alpha value is -1.29. The van der Waals surface area contributed by atoms with Gasteiger partial charge in [-0.15, -0.1) is 0 Å². The summed E-state index contributed by atoms with van der Waals surface area (Å²) < 4.78 is 32.8. The van der Waals surface area contributed by atoms with Crippen LogP contribution >= 0.6 is 7.82 Å². The molecule has 0 radical (unpaired) electrons. The Labute approximate surface area is 362 Å². The van der Waals surface area contributed by atoms with Crippen LogP contribution < -0.4 is 0 Å². The zero-order chi connectivity index (χ0) is 43.3. The summed E-state index contributed by atoms with van der Waals surface area (Å²) in [5, 5.41) is 18.4. The highest BCUT2D eigenvalue weighted by molar-refractivity contribution is 7.47. The van der Waals surface area contributed by atoms with Gasteiger partial charge in [0.1, 0.15) is 12.7 Å². The Balaban J connectivity index is 4.14. The number of carbonyl (C=O) groups excluding carboxylic acids is 2. The molecule has 350 valence electrons. The normalized spacial score (nSPS) is 13.8. The van der Waals surface area contributed by atoms with Crippen molar-refractivity contribution >= 4 is 19.8 Å². The van der Waals surface area contributed by atoms with Gasteiger partial charge >= 0.3 is 19.8 Å². The zero-order valence-corrected chi connectivity index (χ0v) is 39.1. The van der Waals surface area contributed by atoms with E-state index in [2.05, 4.69) is 26.0 Å². The highest BCUT2D eigenvalue weighted by Gasteiger charge is 2.27. The van der Waals surface area contributed by atoms with Gasteiger partial charge in [0, 0.05) is 12.8 Å². The van der Waals surface area contributed by atoms with E-state index in [1.54, 1.807) is 0 Å². The quantitative estimate of drug-likeness (QED) is 0.0234. The summed E-state index contributed by atoms with van der Waals surface area (Å²) in [7, 11) is -4.62. The van der Waals surface area contributed by atoms with Crippen LogP contribution in [-0.2, 0) is 32.7 Å². The molecule has 0 aliphatic rings. The maximum atomic E-state index is 12.6. The van der Waals surface area contributed by atoms with E-state index < -0.39 is 51.8 Å². The first kappa shape index (κ1) is 57.7. The lowest BCUT2D eigenvalue weighted by atomic mass is 10.0. The number of rotatable bonds is 47. The van der Waals surface area contributed by atoms with Crippen LogP contribution in [-0.4, -0.2) is 65.7 Å². The van der Waals surface area contributed by atoms with Crippen molar-refractivity contribution in [3.8, 4) is 0 Å². The third-order valence-corrected chi connectivity index (χ3v) is 11.9. The average Bonchev–Trinajstić information content (AvgIpc) is 3.22. The van der Waals surface area contributed by atoms with Gasteiger partial charge in [0.05, 0.1) is 19.8 Å². The number of allylic oxidation sites excluding steroid dienone is 2. The molecule has 0 heterocycles. The van der Waals surface area contributed by atoms with Crippen LogP contribution in [0.4, 0.5) is 0 Å². The van der Waals surface area contributed by atoms with Gasteiger partial charge in [-0.1, -0.05) is 212 Å². The summed E-state index contributed by atoms with van der Waals surface area (Å²) in [6, 6.07) is 0. The topological polar surface area (TPSA) is 149 Å². The van der Waals surface area contributed by atoms with Gasteiger partial charge in [0.2, 0.25) is 0 Å². The molecule has 0 amide bonds. The Morgan fingerprint density at radius 2 is 0.847 bits per heavy atom. The highest BCUT2D eigenvalue weighted by Crippen LogP contribution is 2.43. The molecule has 0 spiro atoms. The number of ether oxygens (including phenoxy) is 2. The molecule has 3 atom stereocenters. The Bertz CT molecular complexity index is 993. The lowest BCUT2D eigenvalue weighted by Gasteiger charge is -2.20. The molecule has 0 rings (SSSR count). The van der Waals surface area contributed by atoms with E-state index in [1.165, 1.54) is 173 Å². The fraction of sp³-hybridized carbons (Fsp3) is 0.917. The number of hydrogen-bond donors (Lipinski definition) is 3. The number of hydrogen-bond acceptors (Lipinski definition) is 9. The first-order valence-corrected chi connectivity index (χ1v) is 26.1. The molecule has 0 bridgehead atoms. The minimum Gasteiger partial charge on any atom is -0.462 e. The molecule has 0 aliphatic carbocycles. The first-order valence-electron chi connectivity index (χ1n) is 24.6. The minimum atomic E-state index is -4.62. The molecule has 0 saturated heterocycles. The fourth-order valence-electron chi connectivity index (χ4n) is 7.12. The summed E-state index contributed by atoms with van der Waals surface area (Å²) >= 11 is 0. The summed E-state index contributed by atoms with van der Waals surface area (Å²) in [5.74, 6) is -0.948. The number of carbonyl (C=O) groups is 2. The summed E-state index contributed by atoms with van der Waals surface area (Å²) in [6.45, 7) is 2.39. The Kier molecular flexibility index (Phi) is 43.8. The van der Waals surface area contributed by atoms with Crippen LogP contribution in [0.2, 0.25) is 0 Å². The molecular formula is C48H93O10P. The predicted molar refractivity (Wildman–Crippen MR) is 242 cm³/mol. The molecule has 0 fully saturated rings. The molecule has 59 heavy (non-hydrogen) atoms. The summed E-state index contributed by atoms with van der Waals surface area (Å²) in [6.07, 6.45) is 44.8. The van der Waals surface area contributed by atoms with Gasteiger partial charge in [-0.2, -0.15) is 0 Å². The maximum Gasteiger partial charge on any atom is 0.472 e. The van der Waals surface area contributed by atoms with E-state index in [9.17, 15) is 24.2 Å². The fourth-order valence-corrected chi connectivity index (χ4v) is 7.91. The third kappa shape index (κ3) is 44.6. The van der Waals surface area contributed by atoms with Crippen molar-refractivity contribution in [1.29, 1.82) is 0 Å². The number of phosphoric acid groups is 1. The van der Waals surface area contributed by atoms with Crippen LogP contribution in [0, 0.1) is 0 Å². The molecule has 0 aliphatic heterocycles. The van der Waals surface area contributed by atoms with E-state index in [0.29, 0.717) is 12.8 Å². The second-order valence-corrected chi connectivity index (χ2v) is 18.3. The van der Waals surface area contributed by atoms with Crippen molar-refractivity contribution in [2.24, 2.45) is 0 Å². The van der Waals surface area contributed by atoms with Gasteiger partial charge < -0.3 is 24.6 Å². The summed E-state index contributed by atoms with van der Waals surface area (Å²) in [5.41, 5.74) is 0. The monoisotopic (exact) mass is 861 g/mol. The SMILES string of the molecule is CCCCCCCCCCCCCCCCCCCC/C=C/CCCC(=O)OC[C@@H](COP(=O)(O)OC[C@H](O)CO)OC(=O)CCCCCCCCCCCCCCC. The second-order valence-electron chi connectivity index (χ2n) is 16.8. The van der Waals surface area contributed by atoms with Crippen LogP contribution in [0.3, 0.4) is 0 Å². The van der Waals surface area contributed by atoms with Crippen molar-refractivity contribution in [3.05, 3.63) is 12.2 Å². The third-order valence-electron chi connectivity index (χ3n) is 10.9. The molecular weight excluding hydrogens is 767 g/mol. The lowest BCUT2D eigenvalue weighted by Crippen LogP contribution is -2.29. The largest absolute Gasteiger partial charge is 0.472 e. The number of aliphatic hydroxyl groups is 2. The Morgan fingerprint density at radius 3 is 1.27 bits per heavy atom. The van der Waals surface area contributed by atoms with Crippen molar-refractivity contribution in [1.82, 2.24) is 0 Å². The molecule has 11 heteroatoms. The van der Waals surface area contributed by atoms with Crippen molar-refractivity contribution in [2.75, 3.05) is 26.4 Å². The highest BCUT2D eigenvalue weighted by atomic mass is 31.2. The molecule has 1 unspecified atom stereocenters. The molecule has 0 saturated carbocycles. The minimum absolute atomic E-state index is 0.185. The van der Waals surface area contributed by atoms with Crippen LogP contribution in [0.25, 0.3) is 0 Å². The van der Waals surface area contributed by atoms with E-state index >= 15 is 0 Å². The number of esters is 2. The smallest absolute Gasteiger partial charge is 0.462 e. The van der Waals surface area contributed by atoms with Crippen molar-refractivity contribution in [2.45, 2.75) is 257 Å². The predicted octanol–water partition coefficient (Wildman–Crippen LogP) is 13.6. The second kappa shape index (κ2) is 44.8. The van der Waals surface area contributed by atoms with Crippen LogP contribution in [0.1, 0.15) is 245 Å². The lowest BCUT2D eigenvalue weighted by molar-refractivity contribution is -0.161. The van der Waals surface area contributed by atoms with E-state index in [0.717, 1.165) is 32.1 Å². The molecule has 0 aromatic rings. The number of unbranched alkanes of at least 4 members (excludes halogenated alkanes) is 31. The molecule has 3 N–H and O–H groups in total. The maximum absolute atomic E-state index is 12.6. The van der Waals surface area contributed by atoms with Gasteiger partial charge in [-0.3, -0.25) is 18.6 Å². The standard InChI is InChI=1S/C48H93O10P/c1-3-5-7-9-11-13-15-17-18-19-20-21-22-23-24-25-26-28-29-31-33-35-37-39-47(51)55-43-46(44-57-59(53,54)56-42-45(50)41-49)58-48(52)40-38-36-34-32-30-27-16-14-12-10-8-6-4-2/h31,33,45-46,49-50H,3-30,32,34-44H2,1-2H3,(H,53,54)/b33-31+/t45-,46+/m1/s1. The van der Waals surface area contributed by atoms with Crippen LogP contribution in [0.15, 0.2) is 12.2 Å². The first-order chi connectivity index (χ1) is 28.7. The molecule has 0 aromatic heterocycles. The van der Waals surface area contributed by atoms with E-state index in [1.807, 2.05) is 0 Å². The Morgan fingerprint density at radius 1 is 0.492 bits per heavy atom. The average molecular weight is 861 g/mol. The van der Waals surface area contributed by atoms with Gasteiger partial charge in [0.15, 0.2) is 6.10 Å². The number of phosphoric ester groups is 1. The molecule has 0 aromatic carbocycles. The van der Waals surface area contributed by atoms with Gasteiger partial charge in [0.25, 0.3) is 0 Å². The number of aliphatic hydroxyl groups excluding tert-OH is 2. The van der Waals surface area contributed by atoms with Crippen molar-refractivity contribution < 1.29 is 47.8 Å². The van der Waals surface area contributed by atoms with E-state index in [4.69, 9.17) is 23.6 Å². The van der Waals surface area contributed by atoms with Crippen molar-refractivity contribution in [3.63, 3.8) is 0 Å². The van der Waals surface area contributed by atoms with E-state index in [-0.39, 0.29) is 19.4 Å². The molecule has 10 nitrogen and oxygen atoms in total. The van der Waals surface area contributed by atoms with Gasteiger partial charge in [-0.05, 0) is 32.1 Å².